The number of amides is 2. The van der Waals surface area contributed by atoms with Crippen molar-refractivity contribution in [3.05, 3.63) is 52.5 Å². The van der Waals surface area contributed by atoms with Crippen molar-refractivity contribution in [2.24, 2.45) is 0 Å². The van der Waals surface area contributed by atoms with Gasteiger partial charge in [0.05, 0.1) is 22.7 Å². The highest BCUT2D eigenvalue weighted by molar-refractivity contribution is 6.31. The van der Waals surface area contributed by atoms with E-state index in [2.05, 4.69) is 5.32 Å². The maximum atomic E-state index is 12.9. The van der Waals surface area contributed by atoms with E-state index in [-0.39, 0.29) is 30.3 Å². The van der Waals surface area contributed by atoms with Crippen molar-refractivity contribution in [1.82, 2.24) is 4.90 Å². The fourth-order valence-corrected chi connectivity index (χ4v) is 2.84. The number of alkyl halides is 3. The highest BCUT2D eigenvalue weighted by atomic mass is 35.5. The van der Waals surface area contributed by atoms with Gasteiger partial charge in [-0.2, -0.15) is 13.2 Å². The van der Waals surface area contributed by atoms with Crippen molar-refractivity contribution in [2.75, 3.05) is 25.7 Å². The van der Waals surface area contributed by atoms with Crippen LogP contribution in [0, 0.1) is 0 Å². The summed E-state index contributed by atoms with van der Waals surface area (Å²) in [7, 11) is 1.39. The standard InChI is InChI=1S/C18H14ClF3N2O4/c1-24(17(26)11-3-2-4-14-16(11)28-9-27-14)8-15(25)23-10-5-6-13(19)12(7-10)18(20,21)22/h2-7H,8-9H2,1H3,(H,23,25). The van der Waals surface area contributed by atoms with Crippen LogP contribution in [0.3, 0.4) is 0 Å². The molecule has 1 heterocycles. The predicted octanol–water partition coefficient (Wildman–Crippen LogP) is 3.80. The van der Waals surface area contributed by atoms with Gasteiger partial charge in [-0.15, -0.1) is 0 Å². The van der Waals surface area contributed by atoms with Crippen LogP contribution < -0.4 is 14.8 Å². The number of hydrogen-bond acceptors (Lipinski definition) is 4. The van der Waals surface area contributed by atoms with Gasteiger partial charge in [0, 0.05) is 12.7 Å². The molecule has 1 N–H and O–H groups in total. The van der Waals surface area contributed by atoms with E-state index in [1.165, 1.54) is 19.2 Å². The minimum atomic E-state index is -4.65. The van der Waals surface area contributed by atoms with E-state index in [1.807, 2.05) is 0 Å². The lowest BCUT2D eigenvalue weighted by Crippen LogP contribution is -2.35. The molecule has 0 radical (unpaired) electrons. The fraction of sp³-hybridized carbons (Fsp3) is 0.222. The van der Waals surface area contributed by atoms with E-state index < -0.39 is 28.6 Å². The molecule has 0 aliphatic carbocycles. The summed E-state index contributed by atoms with van der Waals surface area (Å²) in [6, 6.07) is 7.80. The maximum Gasteiger partial charge on any atom is 0.417 e. The van der Waals surface area contributed by atoms with Crippen molar-refractivity contribution in [1.29, 1.82) is 0 Å². The summed E-state index contributed by atoms with van der Waals surface area (Å²) < 4.78 is 49.2. The molecule has 1 aliphatic rings. The molecular formula is C18H14ClF3N2O4. The molecule has 0 bridgehead atoms. The van der Waals surface area contributed by atoms with E-state index >= 15 is 0 Å². The molecule has 2 amide bonds. The Labute approximate surface area is 162 Å². The molecule has 0 saturated carbocycles. The molecule has 148 valence electrons. The Morgan fingerprint density at radius 3 is 2.68 bits per heavy atom. The molecule has 0 saturated heterocycles. The quantitative estimate of drug-likeness (QED) is 0.826. The van der Waals surface area contributed by atoms with Crippen LogP contribution in [-0.4, -0.2) is 37.1 Å². The first-order valence-corrected chi connectivity index (χ1v) is 8.35. The number of para-hydroxylation sites is 1. The van der Waals surface area contributed by atoms with Crippen LogP contribution in [0.2, 0.25) is 5.02 Å². The number of carbonyl (C=O) groups is 2. The van der Waals surface area contributed by atoms with Crippen LogP contribution in [0.5, 0.6) is 11.5 Å². The average Bonchev–Trinajstić information content (AvgIpc) is 3.10. The highest BCUT2D eigenvalue weighted by Gasteiger charge is 2.33. The minimum Gasteiger partial charge on any atom is -0.454 e. The number of fused-ring (bicyclic) bond motifs is 1. The molecule has 0 unspecified atom stereocenters. The normalized spacial score (nSPS) is 12.6. The maximum absolute atomic E-state index is 12.9. The van der Waals surface area contributed by atoms with Crippen molar-refractivity contribution in [3.63, 3.8) is 0 Å². The van der Waals surface area contributed by atoms with Crippen LogP contribution in [0.1, 0.15) is 15.9 Å². The van der Waals surface area contributed by atoms with E-state index in [0.717, 1.165) is 17.0 Å². The van der Waals surface area contributed by atoms with Gasteiger partial charge in [0.2, 0.25) is 12.7 Å². The topological polar surface area (TPSA) is 67.9 Å². The third-order valence-corrected chi connectivity index (χ3v) is 4.24. The first-order chi connectivity index (χ1) is 13.2. The molecule has 3 rings (SSSR count). The first-order valence-electron chi connectivity index (χ1n) is 7.97. The number of nitrogens with zero attached hydrogens (tertiary/aromatic N) is 1. The lowest BCUT2D eigenvalue weighted by molar-refractivity contribution is -0.137. The summed E-state index contributed by atoms with van der Waals surface area (Å²) in [6.45, 7) is -0.394. The molecule has 0 fully saturated rings. The fourth-order valence-electron chi connectivity index (χ4n) is 2.61. The summed E-state index contributed by atoms with van der Waals surface area (Å²) in [6.07, 6.45) is -4.65. The second-order valence-corrected chi connectivity index (χ2v) is 6.35. The van der Waals surface area contributed by atoms with Crippen molar-refractivity contribution in [3.8, 4) is 11.5 Å². The summed E-state index contributed by atoms with van der Waals surface area (Å²) >= 11 is 5.55. The Bertz CT molecular complexity index is 934. The van der Waals surface area contributed by atoms with Crippen LogP contribution in [0.15, 0.2) is 36.4 Å². The Morgan fingerprint density at radius 1 is 1.21 bits per heavy atom. The van der Waals surface area contributed by atoms with Gasteiger partial charge in [0.25, 0.3) is 5.91 Å². The zero-order valence-electron chi connectivity index (χ0n) is 14.5. The third-order valence-electron chi connectivity index (χ3n) is 3.91. The Morgan fingerprint density at radius 2 is 1.96 bits per heavy atom. The second-order valence-electron chi connectivity index (χ2n) is 5.94. The zero-order chi connectivity index (χ0) is 20.5. The summed E-state index contributed by atoms with van der Waals surface area (Å²) in [5.41, 5.74) is -0.926. The summed E-state index contributed by atoms with van der Waals surface area (Å²) in [5.74, 6) is -0.461. The van der Waals surface area contributed by atoms with Gasteiger partial charge in [-0.25, -0.2) is 0 Å². The van der Waals surface area contributed by atoms with Crippen molar-refractivity contribution in [2.45, 2.75) is 6.18 Å². The molecule has 0 atom stereocenters. The molecule has 2 aromatic carbocycles. The third kappa shape index (κ3) is 4.14. The molecule has 28 heavy (non-hydrogen) atoms. The summed E-state index contributed by atoms with van der Waals surface area (Å²) in [4.78, 5) is 25.8. The molecule has 2 aromatic rings. The van der Waals surface area contributed by atoms with Crippen LogP contribution in [0.4, 0.5) is 18.9 Å². The minimum absolute atomic E-state index is 0.0120. The van der Waals surface area contributed by atoms with Crippen LogP contribution >= 0.6 is 11.6 Å². The zero-order valence-corrected chi connectivity index (χ0v) is 15.2. The van der Waals surface area contributed by atoms with Crippen LogP contribution in [0.25, 0.3) is 0 Å². The van der Waals surface area contributed by atoms with Gasteiger partial charge in [-0.05, 0) is 30.3 Å². The van der Waals surface area contributed by atoms with E-state index in [1.54, 1.807) is 12.1 Å². The van der Waals surface area contributed by atoms with E-state index in [0.29, 0.717) is 5.75 Å². The number of benzene rings is 2. The molecule has 6 nitrogen and oxygen atoms in total. The SMILES string of the molecule is CN(CC(=O)Nc1ccc(Cl)c(C(F)(F)F)c1)C(=O)c1cccc2c1OCO2. The van der Waals surface area contributed by atoms with Gasteiger partial charge in [0.15, 0.2) is 11.5 Å². The number of likely N-dealkylation sites (N-methyl/N-ethyl adjacent to an activating group) is 1. The average molecular weight is 415 g/mol. The smallest absolute Gasteiger partial charge is 0.417 e. The Hall–Kier alpha value is -2.94. The van der Waals surface area contributed by atoms with Gasteiger partial charge in [-0.3, -0.25) is 9.59 Å². The largest absolute Gasteiger partial charge is 0.454 e. The molecule has 0 spiro atoms. The van der Waals surface area contributed by atoms with Gasteiger partial charge < -0.3 is 19.7 Å². The Kier molecular flexibility index (Phi) is 5.37. The highest BCUT2D eigenvalue weighted by Crippen LogP contribution is 2.37. The predicted molar refractivity (Wildman–Crippen MR) is 94.6 cm³/mol. The second kappa shape index (κ2) is 7.59. The van der Waals surface area contributed by atoms with Gasteiger partial charge in [0.1, 0.15) is 0 Å². The molecule has 1 aliphatic heterocycles. The number of nitrogens with one attached hydrogen (secondary N) is 1. The summed E-state index contributed by atoms with van der Waals surface area (Å²) in [5, 5.41) is 1.85. The van der Waals surface area contributed by atoms with Crippen molar-refractivity contribution >= 4 is 29.1 Å². The lowest BCUT2D eigenvalue weighted by atomic mass is 10.1. The molecule has 0 aromatic heterocycles. The number of ether oxygens (including phenoxy) is 2. The number of hydrogen-bond donors (Lipinski definition) is 1. The number of anilines is 1. The molecular weight excluding hydrogens is 401 g/mol. The lowest BCUT2D eigenvalue weighted by Gasteiger charge is -2.18. The number of halogens is 4. The van der Waals surface area contributed by atoms with E-state index in [9.17, 15) is 22.8 Å². The van der Waals surface area contributed by atoms with Gasteiger partial charge in [-0.1, -0.05) is 17.7 Å². The first kappa shape index (κ1) is 19.8. The van der Waals surface area contributed by atoms with Crippen LogP contribution in [-0.2, 0) is 11.0 Å². The van der Waals surface area contributed by atoms with E-state index in [4.69, 9.17) is 21.1 Å². The monoisotopic (exact) mass is 414 g/mol. The number of carbonyl (C=O) groups excluding carboxylic acids is 2. The Balaban J connectivity index is 1.68. The number of rotatable bonds is 4. The van der Waals surface area contributed by atoms with Crippen molar-refractivity contribution < 1.29 is 32.2 Å². The van der Waals surface area contributed by atoms with Gasteiger partial charge >= 0.3 is 6.18 Å². The molecule has 10 heteroatoms.